The molecule has 0 aliphatic rings. The summed E-state index contributed by atoms with van der Waals surface area (Å²) in [5, 5.41) is 0. The molecule has 60 heavy (non-hydrogen) atoms. The van der Waals surface area contributed by atoms with Crippen molar-refractivity contribution in [2.45, 2.75) is 0 Å². The van der Waals surface area contributed by atoms with Crippen LogP contribution >= 0.6 is 0 Å². The molecule has 0 N–H and O–H groups in total. The molecule has 0 radical (unpaired) electrons. The third kappa shape index (κ3) is 7.37. The lowest BCUT2D eigenvalue weighted by molar-refractivity contribution is 1.25. The lowest BCUT2D eigenvalue weighted by Gasteiger charge is -2.18. The Morgan fingerprint density at radius 3 is 0.683 bits per heavy atom. The lowest BCUT2D eigenvalue weighted by atomic mass is 9.86. The second kappa shape index (κ2) is 16.3. The van der Waals surface area contributed by atoms with Crippen molar-refractivity contribution in [1.29, 1.82) is 0 Å². The molecular weight excluding hydrogens is 733 g/mol. The molecule has 0 spiro atoms. The van der Waals surface area contributed by atoms with Gasteiger partial charge in [0.15, 0.2) is 0 Å². The van der Waals surface area contributed by atoms with E-state index in [1.807, 2.05) is 91.4 Å². The van der Waals surface area contributed by atoms with Gasteiger partial charge in [0, 0.05) is 53.9 Å². The maximum atomic E-state index is 4.85. The van der Waals surface area contributed by atoms with Crippen molar-refractivity contribution < 1.29 is 0 Å². The molecule has 4 aromatic carbocycles. The van der Waals surface area contributed by atoms with Gasteiger partial charge >= 0.3 is 0 Å². The van der Waals surface area contributed by atoms with Crippen LogP contribution in [0, 0.1) is 0 Å². The number of pyridine rings is 6. The first-order valence-corrected chi connectivity index (χ1v) is 19.8. The molecule has 282 valence electrons. The monoisotopic (exact) mass is 768 g/mol. The topological polar surface area (TPSA) is 77.3 Å². The summed E-state index contributed by atoms with van der Waals surface area (Å²) in [6.07, 6.45) is 11.2. The van der Waals surface area contributed by atoms with Crippen molar-refractivity contribution in [3.05, 3.63) is 219 Å². The Bertz CT molecular complexity index is 2700. The summed E-state index contributed by atoms with van der Waals surface area (Å²) in [5.74, 6) is 0. The largest absolute Gasteiger partial charge is 0.255 e. The summed E-state index contributed by atoms with van der Waals surface area (Å²) in [6, 6.07) is 62.8. The van der Waals surface area contributed by atoms with Crippen molar-refractivity contribution in [3.8, 4) is 101 Å². The number of nitrogens with zero attached hydrogens (tertiary/aromatic N) is 6. The molecule has 0 fully saturated rings. The van der Waals surface area contributed by atoms with Gasteiger partial charge in [-0.2, -0.15) is 0 Å². The molecule has 6 heterocycles. The number of rotatable bonds is 9. The summed E-state index contributed by atoms with van der Waals surface area (Å²) >= 11 is 0. The second-order valence-electron chi connectivity index (χ2n) is 14.4. The van der Waals surface area contributed by atoms with Gasteiger partial charge in [-0.05, 0) is 123 Å². The molecule has 0 bridgehead atoms. The quantitative estimate of drug-likeness (QED) is 0.145. The number of aromatic nitrogens is 6. The van der Waals surface area contributed by atoms with Gasteiger partial charge in [0.25, 0.3) is 0 Å². The highest BCUT2D eigenvalue weighted by Crippen LogP contribution is 2.42. The van der Waals surface area contributed by atoms with Gasteiger partial charge < -0.3 is 0 Å². The van der Waals surface area contributed by atoms with Gasteiger partial charge in [0.2, 0.25) is 0 Å². The molecule has 0 aliphatic carbocycles. The van der Waals surface area contributed by atoms with Crippen LogP contribution in [0.25, 0.3) is 101 Å². The lowest BCUT2D eigenvalue weighted by Crippen LogP contribution is -1.93. The van der Waals surface area contributed by atoms with E-state index in [2.05, 4.69) is 124 Å². The fourth-order valence-corrected chi connectivity index (χ4v) is 7.71. The minimum Gasteiger partial charge on any atom is -0.255 e. The van der Waals surface area contributed by atoms with E-state index in [-0.39, 0.29) is 0 Å². The maximum absolute atomic E-state index is 4.85. The van der Waals surface area contributed by atoms with Crippen molar-refractivity contribution in [2.75, 3.05) is 0 Å². The van der Waals surface area contributed by atoms with E-state index in [9.17, 15) is 0 Å². The van der Waals surface area contributed by atoms with Gasteiger partial charge in [-0.1, -0.05) is 109 Å². The van der Waals surface area contributed by atoms with E-state index < -0.39 is 0 Å². The van der Waals surface area contributed by atoms with E-state index in [1.54, 1.807) is 18.6 Å². The van der Waals surface area contributed by atoms with Crippen molar-refractivity contribution in [1.82, 2.24) is 29.9 Å². The maximum Gasteiger partial charge on any atom is 0.0886 e. The summed E-state index contributed by atoms with van der Waals surface area (Å²) in [6.45, 7) is 0. The second-order valence-corrected chi connectivity index (χ2v) is 14.4. The molecule has 0 saturated heterocycles. The first-order valence-electron chi connectivity index (χ1n) is 19.8. The van der Waals surface area contributed by atoms with E-state index in [1.165, 1.54) is 0 Å². The highest BCUT2D eigenvalue weighted by atomic mass is 14.8. The predicted octanol–water partition coefficient (Wildman–Crippen LogP) is 13.1. The zero-order chi connectivity index (χ0) is 40.1. The fraction of sp³-hybridized carbons (Fsp3) is 0. The first kappa shape index (κ1) is 36.1. The van der Waals surface area contributed by atoms with E-state index >= 15 is 0 Å². The van der Waals surface area contributed by atoms with Crippen LogP contribution in [0.3, 0.4) is 0 Å². The van der Waals surface area contributed by atoms with Gasteiger partial charge in [0.1, 0.15) is 0 Å². The first-order chi connectivity index (χ1) is 29.7. The van der Waals surface area contributed by atoms with Crippen molar-refractivity contribution in [2.24, 2.45) is 0 Å². The zero-order valence-corrected chi connectivity index (χ0v) is 32.5. The Kier molecular flexibility index (Phi) is 9.84. The molecule has 6 nitrogen and oxygen atoms in total. The third-order valence-electron chi connectivity index (χ3n) is 10.7. The van der Waals surface area contributed by atoms with E-state index in [4.69, 9.17) is 15.0 Å². The molecular formula is C54H36N6. The van der Waals surface area contributed by atoms with Crippen LogP contribution in [0.1, 0.15) is 0 Å². The van der Waals surface area contributed by atoms with E-state index in [0.717, 1.165) is 101 Å². The highest BCUT2D eigenvalue weighted by molar-refractivity contribution is 5.94. The SMILES string of the molecule is c1ccc(-c2ccc(-c3ccccc3-c3cc(-c4ccccc4-c4ccc(-c5ccccn5)nc4)cc(-c4ccccc4-c4ccc(-c5ccccn5)nc4)c3)cn2)nc1. The molecule has 6 aromatic heterocycles. The van der Waals surface area contributed by atoms with Crippen LogP contribution in [0.5, 0.6) is 0 Å². The van der Waals surface area contributed by atoms with Crippen LogP contribution < -0.4 is 0 Å². The standard InChI is InChI=1S/C54H36N6/c1-4-16-46(43(13-1)37-22-25-52(58-34-37)49-19-7-10-28-55-49)40-31-41(47-17-5-2-14-44(47)38-23-26-53(59-35-38)50-20-8-11-29-56-50)33-42(32-40)48-18-6-3-15-45(48)39-24-27-54(60-36-39)51-21-9-12-30-57-51/h1-36H. The van der Waals surface area contributed by atoms with Crippen LogP contribution in [0.4, 0.5) is 0 Å². The highest BCUT2D eigenvalue weighted by Gasteiger charge is 2.17. The summed E-state index contributed by atoms with van der Waals surface area (Å²) in [4.78, 5) is 28.1. The van der Waals surface area contributed by atoms with Crippen LogP contribution in [0.15, 0.2) is 219 Å². The van der Waals surface area contributed by atoms with Crippen molar-refractivity contribution >= 4 is 0 Å². The normalized spacial score (nSPS) is 11.0. The van der Waals surface area contributed by atoms with Crippen LogP contribution in [0.2, 0.25) is 0 Å². The Labute approximate surface area is 348 Å². The predicted molar refractivity (Wildman–Crippen MR) is 242 cm³/mol. The molecule has 10 rings (SSSR count). The molecule has 10 aromatic rings. The minimum absolute atomic E-state index is 0.833. The minimum atomic E-state index is 0.833. The average Bonchev–Trinajstić information content (AvgIpc) is 3.35. The molecule has 0 aliphatic heterocycles. The summed E-state index contributed by atoms with van der Waals surface area (Å²) in [5.41, 5.74) is 17.9. The zero-order valence-electron chi connectivity index (χ0n) is 32.5. The molecule has 0 amide bonds. The molecule has 0 saturated carbocycles. The summed E-state index contributed by atoms with van der Waals surface area (Å²) in [7, 11) is 0. The summed E-state index contributed by atoms with van der Waals surface area (Å²) < 4.78 is 0. The Morgan fingerprint density at radius 1 is 0.200 bits per heavy atom. The third-order valence-corrected chi connectivity index (χ3v) is 10.7. The van der Waals surface area contributed by atoms with Crippen LogP contribution in [-0.2, 0) is 0 Å². The van der Waals surface area contributed by atoms with E-state index in [0.29, 0.717) is 0 Å². The van der Waals surface area contributed by atoms with Gasteiger partial charge in [-0.15, -0.1) is 0 Å². The fourth-order valence-electron chi connectivity index (χ4n) is 7.71. The molecule has 6 heteroatoms. The average molecular weight is 769 g/mol. The number of hydrogen-bond acceptors (Lipinski definition) is 6. The van der Waals surface area contributed by atoms with Crippen molar-refractivity contribution in [3.63, 3.8) is 0 Å². The smallest absolute Gasteiger partial charge is 0.0886 e. The molecule has 0 unspecified atom stereocenters. The number of benzene rings is 4. The number of hydrogen-bond donors (Lipinski definition) is 0. The Hall–Kier alpha value is -8.22. The van der Waals surface area contributed by atoms with Gasteiger partial charge in [-0.25, -0.2) is 0 Å². The van der Waals surface area contributed by atoms with Gasteiger partial charge in [-0.3, -0.25) is 29.9 Å². The Morgan fingerprint density at radius 2 is 0.450 bits per heavy atom. The Balaban J connectivity index is 1.12. The van der Waals surface area contributed by atoms with Crippen LogP contribution in [-0.4, -0.2) is 29.9 Å². The van der Waals surface area contributed by atoms with Gasteiger partial charge in [0.05, 0.1) is 34.2 Å². The molecule has 0 atom stereocenters.